The molecule has 0 aliphatic heterocycles. The van der Waals surface area contributed by atoms with Crippen LogP contribution in [0.25, 0.3) is 0 Å². The number of aliphatic hydroxyl groups excluding tert-OH is 1. The van der Waals surface area contributed by atoms with Gasteiger partial charge in [-0.3, -0.25) is 4.79 Å². The molecule has 0 aliphatic carbocycles. The van der Waals surface area contributed by atoms with E-state index in [9.17, 15) is 9.90 Å². The summed E-state index contributed by atoms with van der Waals surface area (Å²) in [7, 11) is 0. The Labute approximate surface area is 141 Å². The molecule has 0 bridgehead atoms. The molecule has 122 valence electrons. The Morgan fingerprint density at radius 2 is 1.96 bits per heavy atom. The number of rotatable bonds is 7. The van der Waals surface area contributed by atoms with Gasteiger partial charge >= 0.3 is 0 Å². The van der Waals surface area contributed by atoms with E-state index in [2.05, 4.69) is 5.32 Å². The summed E-state index contributed by atoms with van der Waals surface area (Å²) < 4.78 is 5.62. The minimum Gasteiger partial charge on any atom is -0.389 e. The van der Waals surface area contributed by atoms with E-state index in [0.717, 1.165) is 5.56 Å². The molecule has 2 aromatic rings. The predicted octanol–water partition coefficient (Wildman–Crippen LogP) is 3.21. The van der Waals surface area contributed by atoms with E-state index in [4.69, 9.17) is 16.3 Å². The zero-order valence-electron chi connectivity index (χ0n) is 12.9. The fraction of sp³-hybridized carbons (Fsp3) is 0.278. The van der Waals surface area contributed by atoms with Gasteiger partial charge in [-0.05, 0) is 30.7 Å². The zero-order valence-corrected chi connectivity index (χ0v) is 13.7. The smallest absolute Gasteiger partial charge is 0.251 e. The molecular weight excluding hydrogens is 314 g/mol. The van der Waals surface area contributed by atoms with Crippen molar-refractivity contribution in [2.24, 2.45) is 0 Å². The van der Waals surface area contributed by atoms with Gasteiger partial charge in [0.1, 0.15) is 0 Å². The molecule has 0 spiro atoms. The first-order valence-electron chi connectivity index (χ1n) is 7.44. The number of hydrogen-bond acceptors (Lipinski definition) is 3. The van der Waals surface area contributed by atoms with Gasteiger partial charge in [-0.2, -0.15) is 0 Å². The van der Waals surface area contributed by atoms with Crippen molar-refractivity contribution in [3.05, 3.63) is 70.7 Å². The Morgan fingerprint density at radius 3 is 2.65 bits per heavy atom. The molecule has 23 heavy (non-hydrogen) atoms. The number of aliphatic hydroxyl groups is 1. The number of halogens is 1. The van der Waals surface area contributed by atoms with Crippen LogP contribution >= 0.6 is 11.6 Å². The average molecular weight is 334 g/mol. The fourth-order valence-corrected chi connectivity index (χ4v) is 2.27. The van der Waals surface area contributed by atoms with Crippen LogP contribution in [0.15, 0.2) is 54.6 Å². The van der Waals surface area contributed by atoms with Crippen LogP contribution in [0.3, 0.4) is 0 Å². The van der Waals surface area contributed by atoms with Crippen LogP contribution in [0.1, 0.15) is 28.9 Å². The maximum absolute atomic E-state index is 11.9. The summed E-state index contributed by atoms with van der Waals surface area (Å²) in [6.07, 6.45) is -0.890. The highest BCUT2D eigenvalue weighted by Crippen LogP contribution is 2.16. The lowest BCUT2D eigenvalue weighted by Crippen LogP contribution is -2.34. The minimum atomic E-state index is -0.774. The topological polar surface area (TPSA) is 58.6 Å². The Hall–Kier alpha value is -1.88. The Balaban J connectivity index is 1.75. The van der Waals surface area contributed by atoms with Gasteiger partial charge in [-0.15, -0.1) is 0 Å². The highest BCUT2D eigenvalue weighted by molar-refractivity contribution is 6.30. The van der Waals surface area contributed by atoms with Crippen LogP contribution in [0.5, 0.6) is 0 Å². The van der Waals surface area contributed by atoms with Crippen LogP contribution in [0, 0.1) is 0 Å². The molecule has 0 fully saturated rings. The summed E-state index contributed by atoms with van der Waals surface area (Å²) in [6.45, 7) is 2.19. The van der Waals surface area contributed by atoms with Crippen LogP contribution in [-0.4, -0.2) is 30.3 Å². The molecule has 2 N–H and O–H groups in total. The average Bonchev–Trinajstić information content (AvgIpc) is 2.58. The van der Waals surface area contributed by atoms with Crippen molar-refractivity contribution < 1.29 is 14.6 Å². The van der Waals surface area contributed by atoms with Crippen LogP contribution in [-0.2, 0) is 4.74 Å². The third-order valence-corrected chi connectivity index (χ3v) is 3.63. The highest BCUT2D eigenvalue weighted by Gasteiger charge is 2.12. The molecule has 5 heteroatoms. The van der Waals surface area contributed by atoms with E-state index >= 15 is 0 Å². The van der Waals surface area contributed by atoms with Crippen molar-refractivity contribution in [1.29, 1.82) is 0 Å². The summed E-state index contributed by atoms with van der Waals surface area (Å²) >= 11 is 5.85. The number of ether oxygens (including phenoxy) is 1. The second-order valence-electron chi connectivity index (χ2n) is 5.26. The van der Waals surface area contributed by atoms with Crippen LogP contribution in [0.2, 0.25) is 5.02 Å². The lowest BCUT2D eigenvalue weighted by Gasteiger charge is -2.17. The quantitative estimate of drug-likeness (QED) is 0.818. The van der Waals surface area contributed by atoms with Gasteiger partial charge < -0.3 is 15.2 Å². The summed E-state index contributed by atoms with van der Waals surface area (Å²) in [4.78, 5) is 11.9. The third-order valence-electron chi connectivity index (χ3n) is 3.39. The first-order valence-corrected chi connectivity index (χ1v) is 7.82. The fourth-order valence-electron chi connectivity index (χ4n) is 2.08. The van der Waals surface area contributed by atoms with Crippen molar-refractivity contribution in [2.45, 2.75) is 19.1 Å². The number of nitrogens with one attached hydrogen (secondary N) is 1. The van der Waals surface area contributed by atoms with Crippen molar-refractivity contribution >= 4 is 17.5 Å². The lowest BCUT2D eigenvalue weighted by atomic mass is 10.1. The number of benzene rings is 2. The summed E-state index contributed by atoms with van der Waals surface area (Å²) in [5.41, 5.74) is 1.51. The summed E-state index contributed by atoms with van der Waals surface area (Å²) in [5, 5.41) is 13.1. The second-order valence-corrected chi connectivity index (χ2v) is 5.70. The van der Waals surface area contributed by atoms with Crippen molar-refractivity contribution in [2.75, 3.05) is 13.2 Å². The molecule has 0 aromatic heterocycles. The minimum absolute atomic E-state index is 0.116. The molecule has 0 aliphatic rings. The third kappa shape index (κ3) is 5.67. The van der Waals surface area contributed by atoms with Crippen LogP contribution in [0.4, 0.5) is 0 Å². The maximum Gasteiger partial charge on any atom is 0.251 e. The van der Waals surface area contributed by atoms with E-state index in [0.29, 0.717) is 10.6 Å². The molecule has 0 radical (unpaired) electrons. The molecule has 0 saturated carbocycles. The van der Waals surface area contributed by atoms with Gasteiger partial charge in [-0.25, -0.2) is 0 Å². The Morgan fingerprint density at radius 1 is 1.22 bits per heavy atom. The zero-order chi connectivity index (χ0) is 16.7. The number of amides is 1. The number of carbonyl (C=O) groups excluding carboxylic acids is 1. The Kier molecular flexibility index (Phi) is 6.59. The number of hydrogen-bond donors (Lipinski definition) is 2. The van der Waals surface area contributed by atoms with Gasteiger partial charge in [0.25, 0.3) is 5.91 Å². The summed E-state index contributed by atoms with van der Waals surface area (Å²) in [5.74, 6) is -0.275. The van der Waals surface area contributed by atoms with Gasteiger partial charge in [0.2, 0.25) is 0 Å². The second kappa shape index (κ2) is 8.67. The molecule has 0 heterocycles. The van der Waals surface area contributed by atoms with Crippen LogP contribution < -0.4 is 5.32 Å². The van der Waals surface area contributed by atoms with Gasteiger partial charge in [-0.1, -0.05) is 48.0 Å². The largest absolute Gasteiger partial charge is 0.389 e. The van der Waals surface area contributed by atoms with Crippen molar-refractivity contribution in [3.63, 3.8) is 0 Å². The highest BCUT2D eigenvalue weighted by atomic mass is 35.5. The molecule has 0 saturated heterocycles. The van der Waals surface area contributed by atoms with E-state index in [1.807, 2.05) is 37.3 Å². The van der Waals surface area contributed by atoms with Crippen molar-refractivity contribution in [3.8, 4) is 0 Å². The van der Waals surface area contributed by atoms with E-state index in [-0.39, 0.29) is 25.2 Å². The molecule has 2 rings (SSSR count). The molecular formula is C18H20ClNO3. The predicted molar refractivity (Wildman–Crippen MR) is 90.6 cm³/mol. The van der Waals surface area contributed by atoms with E-state index in [1.165, 1.54) is 0 Å². The number of carbonyl (C=O) groups is 1. The SMILES string of the molecule is C[C@@H](OC[C@H](O)CNC(=O)c1cccc(Cl)c1)c1ccccc1. The van der Waals surface area contributed by atoms with Gasteiger partial charge in [0.15, 0.2) is 0 Å². The molecule has 2 atom stereocenters. The van der Waals surface area contributed by atoms with Gasteiger partial charge in [0.05, 0.1) is 18.8 Å². The monoisotopic (exact) mass is 333 g/mol. The Bertz CT molecular complexity index is 633. The molecule has 0 unspecified atom stereocenters. The lowest BCUT2D eigenvalue weighted by molar-refractivity contribution is -0.00171. The molecule has 4 nitrogen and oxygen atoms in total. The standard InChI is InChI=1S/C18H20ClNO3/c1-13(14-6-3-2-4-7-14)23-12-17(21)11-20-18(22)15-8-5-9-16(19)10-15/h2-10,13,17,21H,11-12H2,1H3,(H,20,22)/t13-,17-/m1/s1. The van der Waals surface area contributed by atoms with E-state index in [1.54, 1.807) is 24.3 Å². The summed E-state index contributed by atoms with van der Waals surface area (Å²) in [6, 6.07) is 16.4. The first-order chi connectivity index (χ1) is 11.1. The van der Waals surface area contributed by atoms with E-state index < -0.39 is 6.10 Å². The van der Waals surface area contributed by atoms with Gasteiger partial charge in [0, 0.05) is 17.1 Å². The van der Waals surface area contributed by atoms with Crippen molar-refractivity contribution in [1.82, 2.24) is 5.32 Å². The first kappa shape index (κ1) is 17.5. The molecule has 1 amide bonds. The molecule has 2 aromatic carbocycles. The maximum atomic E-state index is 11.9. The normalized spacial score (nSPS) is 13.3.